The summed E-state index contributed by atoms with van der Waals surface area (Å²) < 4.78 is 5.39. The van der Waals surface area contributed by atoms with Gasteiger partial charge < -0.3 is 20.5 Å². The van der Waals surface area contributed by atoms with E-state index in [4.69, 9.17) is 9.84 Å². The molecule has 1 aromatic heterocycles. The van der Waals surface area contributed by atoms with E-state index in [0.29, 0.717) is 17.9 Å². The molecule has 2 rings (SSSR count). The second-order valence-electron chi connectivity index (χ2n) is 5.33. The fourth-order valence-electron chi connectivity index (χ4n) is 2.39. The number of ether oxygens (including phenoxy) is 1. The molecule has 0 aliphatic rings. The highest BCUT2D eigenvalue weighted by Gasteiger charge is 2.21. The van der Waals surface area contributed by atoms with Crippen LogP contribution >= 0.6 is 0 Å². The van der Waals surface area contributed by atoms with E-state index < -0.39 is 18.0 Å². The zero-order valence-corrected chi connectivity index (χ0v) is 13.9. The molecule has 2 amide bonds. The van der Waals surface area contributed by atoms with Gasteiger partial charge in [-0.3, -0.25) is 9.78 Å². The summed E-state index contributed by atoms with van der Waals surface area (Å²) >= 11 is 0. The Morgan fingerprint density at radius 2 is 1.96 bits per heavy atom. The molecule has 1 heterocycles. The summed E-state index contributed by atoms with van der Waals surface area (Å²) in [5.74, 6) is -0.244. The number of carboxylic acid groups (broad SMARTS) is 1. The van der Waals surface area contributed by atoms with E-state index in [9.17, 15) is 9.59 Å². The lowest BCUT2D eigenvalue weighted by molar-refractivity contribution is -0.137. The second-order valence-corrected chi connectivity index (χ2v) is 5.33. The molecule has 2 aromatic rings. The summed E-state index contributed by atoms with van der Waals surface area (Å²) in [6.07, 6.45) is 2.03. The number of carboxylic acids is 1. The number of amides is 2. The van der Waals surface area contributed by atoms with E-state index in [1.165, 1.54) is 0 Å². The summed E-state index contributed by atoms with van der Waals surface area (Å²) in [6, 6.07) is 12.0. The average molecular weight is 343 g/mol. The van der Waals surface area contributed by atoms with Crippen LogP contribution in [0.15, 0.2) is 48.7 Å². The molecular weight excluding hydrogens is 322 g/mol. The fraction of sp³-hybridized carbons (Fsp3) is 0.278. The van der Waals surface area contributed by atoms with Gasteiger partial charge in [0.2, 0.25) is 0 Å². The normalized spacial score (nSPS) is 11.4. The molecule has 7 nitrogen and oxygen atoms in total. The van der Waals surface area contributed by atoms with E-state index >= 15 is 0 Å². The number of urea groups is 1. The number of pyridine rings is 1. The van der Waals surface area contributed by atoms with Crippen molar-refractivity contribution in [3.05, 3.63) is 59.9 Å². The number of hydrogen-bond acceptors (Lipinski definition) is 4. The number of rotatable bonds is 8. The van der Waals surface area contributed by atoms with E-state index in [-0.39, 0.29) is 13.0 Å². The van der Waals surface area contributed by atoms with Crippen LogP contribution in [0.3, 0.4) is 0 Å². The number of hydrogen-bond donors (Lipinski definition) is 3. The lowest BCUT2D eigenvalue weighted by Crippen LogP contribution is -2.39. The van der Waals surface area contributed by atoms with Crippen LogP contribution in [0.1, 0.15) is 30.1 Å². The van der Waals surface area contributed by atoms with Gasteiger partial charge in [0.15, 0.2) is 0 Å². The quantitative estimate of drug-likeness (QED) is 0.639. The number of nitrogens with one attached hydrogen (secondary N) is 2. The predicted molar refractivity (Wildman–Crippen MR) is 92.5 cm³/mol. The number of aromatic nitrogens is 1. The molecular formula is C18H21N3O4. The van der Waals surface area contributed by atoms with Gasteiger partial charge in [-0.15, -0.1) is 0 Å². The van der Waals surface area contributed by atoms with E-state index in [0.717, 1.165) is 5.56 Å². The maximum Gasteiger partial charge on any atom is 0.315 e. The second kappa shape index (κ2) is 9.27. The van der Waals surface area contributed by atoms with Crippen LogP contribution in [-0.4, -0.2) is 35.7 Å². The molecule has 3 N–H and O–H groups in total. The van der Waals surface area contributed by atoms with Crippen molar-refractivity contribution >= 4 is 12.0 Å². The molecule has 132 valence electrons. The highest BCUT2D eigenvalue weighted by molar-refractivity contribution is 5.75. The standard InChI is InChI=1S/C18H21N3O4/c1-25-15-9-3-2-7-13(15)17(14-8-4-5-11-19-14)21-18(24)20-12-6-10-16(22)23/h2-5,7-9,11,17H,6,10,12H2,1H3,(H,22,23)(H2,20,21,24). The number of aliphatic carboxylic acids is 1. The molecule has 0 fully saturated rings. The first kappa shape index (κ1) is 18.3. The van der Waals surface area contributed by atoms with Crippen LogP contribution < -0.4 is 15.4 Å². The van der Waals surface area contributed by atoms with Gasteiger partial charge >= 0.3 is 12.0 Å². The summed E-state index contributed by atoms with van der Waals surface area (Å²) in [6.45, 7) is 0.277. The van der Waals surface area contributed by atoms with Gasteiger partial charge in [-0.2, -0.15) is 0 Å². The lowest BCUT2D eigenvalue weighted by atomic mass is 10.0. The smallest absolute Gasteiger partial charge is 0.315 e. The Labute approximate surface area is 146 Å². The Kier molecular flexibility index (Phi) is 6.76. The van der Waals surface area contributed by atoms with Crippen molar-refractivity contribution in [2.75, 3.05) is 13.7 Å². The highest BCUT2D eigenvalue weighted by atomic mass is 16.5. The number of carbonyl (C=O) groups excluding carboxylic acids is 1. The van der Waals surface area contributed by atoms with Gasteiger partial charge in [0, 0.05) is 24.7 Å². The molecule has 1 atom stereocenters. The Balaban J connectivity index is 2.13. The first-order valence-electron chi connectivity index (χ1n) is 7.92. The van der Waals surface area contributed by atoms with Gasteiger partial charge in [-0.25, -0.2) is 4.79 Å². The predicted octanol–water partition coefficient (Wildman–Crippen LogP) is 2.34. The zero-order valence-electron chi connectivity index (χ0n) is 13.9. The van der Waals surface area contributed by atoms with E-state index in [1.54, 1.807) is 19.4 Å². The van der Waals surface area contributed by atoms with Crippen LogP contribution in [0.5, 0.6) is 5.75 Å². The fourth-order valence-corrected chi connectivity index (χ4v) is 2.39. The third-order valence-corrected chi connectivity index (χ3v) is 3.56. The minimum Gasteiger partial charge on any atom is -0.496 e. The molecule has 0 saturated carbocycles. The van der Waals surface area contributed by atoms with Gasteiger partial charge in [0.1, 0.15) is 11.8 Å². The van der Waals surface area contributed by atoms with Gasteiger partial charge in [0.05, 0.1) is 12.8 Å². The molecule has 0 saturated heterocycles. The van der Waals surface area contributed by atoms with Crippen molar-refractivity contribution in [3.63, 3.8) is 0 Å². The number of para-hydroxylation sites is 1. The molecule has 25 heavy (non-hydrogen) atoms. The molecule has 0 radical (unpaired) electrons. The third-order valence-electron chi connectivity index (χ3n) is 3.56. The Bertz CT molecular complexity index is 706. The van der Waals surface area contributed by atoms with Crippen molar-refractivity contribution < 1.29 is 19.4 Å². The topological polar surface area (TPSA) is 101 Å². The first-order valence-corrected chi connectivity index (χ1v) is 7.92. The molecule has 1 aromatic carbocycles. The minimum atomic E-state index is -0.886. The number of benzene rings is 1. The van der Waals surface area contributed by atoms with Crippen LogP contribution in [0.4, 0.5) is 4.79 Å². The average Bonchev–Trinajstić information content (AvgIpc) is 2.64. The molecule has 0 aliphatic heterocycles. The number of methoxy groups -OCH3 is 1. The number of carbonyl (C=O) groups is 2. The van der Waals surface area contributed by atoms with Crippen LogP contribution in [0, 0.1) is 0 Å². The molecule has 7 heteroatoms. The monoisotopic (exact) mass is 343 g/mol. The summed E-state index contributed by atoms with van der Waals surface area (Å²) in [5, 5.41) is 14.2. The maximum atomic E-state index is 12.2. The SMILES string of the molecule is COc1ccccc1C(NC(=O)NCCCC(=O)O)c1ccccn1. The molecule has 0 bridgehead atoms. The Hall–Kier alpha value is -3.09. The molecule has 0 spiro atoms. The third kappa shape index (κ3) is 5.49. The van der Waals surface area contributed by atoms with Crippen molar-refractivity contribution in [2.24, 2.45) is 0 Å². The molecule has 0 aliphatic carbocycles. The van der Waals surface area contributed by atoms with Gasteiger partial charge in [0.25, 0.3) is 0 Å². The first-order chi connectivity index (χ1) is 12.1. The van der Waals surface area contributed by atoms with Crippen molar-refractivity contribution in [1.29, 1.82) is 0 Å². The zero-order chi connectivity index (χ0) is 18.1. The summed E-state index contributed by atoms with van der Waals surface area (Å²) in [4.78, 5) is 27.0. The number of nitrogens with zero attached hydrogens (tertiary/aromatic N) is 1. The maximum absolute atomic E-state index is 12.2. The largest absolute Gasteiger partial charge is 0.496 e. The van der Waals surface area contributed by atoms with Crippen LogP contribution in [0.25, 0.3) is 0 Å². The summed E-state index contributed by atoms with van der Waals surface area (Å²) in [5.41, 5.74) is 1.46. The molecule has 1 unspecified atom stereocenters. The van der Waals surface area contributed by atoms with Crippen LogP contribution in [-0.2, 0) is 4.79 Å². The van der Waals surface area contributed by atoms with E-state index in [2.05, 4.69) is 15.6 Å². The van der Waals surface area contributed by atoms with Crippen molar-refractivity contribution in [3.8, 4) is 5.75 Å². The van der Waals surface area contributed by atoms with Gasteiger partial charge in [-0.1, -0.05) is 24.3 Å². The Morgan fingerprint density at radius 3 is 2.64 bits per heavy atom. The van der Waals surface area contributed by atoms with Crippen molar-refractivity contribution in [2.45, 2.75) is 18.9 Å². The van der Waals surface area contributed by atoms with Gasteiger partial charge in [-0.05, 0) is 24.6 Å². The minimum absolute atomic E-state index is 0.0104. The highest BCUT2D eigenvalue weighted by Crippen LogP contribution is 2.28. The summed E-state index contributed by atoms with van der Waals surface area (Å²) in [7, 11) is 1.57. The van der Waals surface area contributed by atoms with E-state index in [1.807, 2.05) is 36.4 Å². The lowest BCUT2D eigenvalue weighted by Gasteiger charge is -2.21. The van der Waals surface area contributed by atoms with Crippen molar-refractivity contribution in [1.82, 2.24) is 15.6 Å². The van der Waals surface area contributed by atoms with Crippen LogP contribution in [0.2, 0.25) is 0 Å². The Morgan fingerprint density at radius 1 is 1.20 bits per heavy atom.